The third-order valence-electron chi connectivity index (χ3n) is 6.91. The number of aliphatic carboxylic acids is 1. The van der Waals surface area contributed by atoms with Crippen LogP contribution in [0.25, 0.3) is 11.1 Å². The molecule has 2 aromatic rings. The van der Waals surface area contributed by atoms with Crippen LogP contribution in [-0.2, 0) is 14.3 Å². The number of amides is 2. The van der Waals surface area contributed by atoms with Crippen LogP contribution in [-0.4, -0.2) is 41.3 Å². The molecule has 0 bridgehead atoms. The number of carbonyl (C=O) groups is 3. The van der Waals surface area contributed by atoms with Crippen LogP contribution in [0.15, 0.2) is 48.5 Å². The lowest BCUT2D eigenvalue weighted by atomic mass is 9.98. The molecule has 0 spiro atoms. The minimum atomic E-state index is -0.801. The highest BCUT2D eigenvalue weighted by atomic mass is 16.5. The van der Waals surface area contributed by atoms with Crippen LogP contribution in [0.3, 0.4) is 0 Å². The topological polar surface area (TPSA) is 105 Å². The maximum absolute atomic E-state index is 12.6. The zero-order chi connectivity index (χ0) is 24.3. The van der Waals surface area contributed by atoms with E-state index in [0.29, 0.717) is 25.7 Å². The van der Waals surface area contributed by atoms with Crippen LogP contribution in [0, 0.1) is 5.92 Å². The molecule has 7 heteroatoms. The first-order chi connectivity index (χ1) is 16.2. The lowest BCUT2D eigenvalue weighted by molar-refractivity contribution is -0.141. The molecule has 180 valence electrons. The smallest absolute Gasteiger partial charge is 0.407 e. The first-order valence-corrected chi connectivity index (χ1v) is 11.9. The van der Waals surface area contributed by atoms with Crippen molar-refractivity contribution >= 4 is 18.0 Å². The van der Waals surface area contributed by atoms with Crippen molar-refractivity contribution in [3.05, 3.63) is 59.7 Å². The van der Waals surface area contributed by atoms with Gasteiger partial charge in [0.2, 0.25) is 5.91 Å². The molecule has 1 saturated carbocycles. The number of hydrogen-bond acceptors (Lipinski definition) is 4. The Balaban J connectivity index is 1.25. The SMILES string of the molecule is CC(C)(CCC(=O)NC1CCC(C(=O)O)C1)NC(=O)OCC1c2ccccc2-c2ccccc21. The quantitative estimate of drug-likeness (QED) is 0.535. The molecule has 2 aliphatic rings. The predicted octanol–water partition coefficient (Wildman–Crippen LogP) is 4.45. The molecule has 7 nitrogen and oxygen atoms in total. The second-order valence-electron chi connectivity index (χ2n) is 9.95. The lowest BCUT2D eigenvalue weighted by Gasteiger charge is -2.26. The van der Waals surface area contributed by atoms with E-state index in [4.69, 9.17) is 9.84 Å². The van der Waals surface area contributed by atoms with E-state index < -0.39 is 17.6 Å². The van der Waals surface area contributed by atoms with E-state index in [9.17, 15) is 14.4 Å². The Morgan fingerprint density at radius 1 is 1.00 bits per heavy atom. The fourth-order valence-electron chi connectivity index (χ4n) is 5.04. The van der Waals surface area contributed by atoms with E-state index in [1.54, 1.807) is 0 Å². The van der Waals surface area contributed by atoms with Crippen molar-refractivity contribution in [1.82, 2.24) is 10.6 Å². The summed E-state index contributed by atoms with van der Waals surface area (Å²) in [6.07, 6.45) is 1.93. The summed E-state index contributed by atoms with van der Waals surface area (Å²) in [5.41, 5.74) is 4.04. The molecule has 2 unspecified atom stereocenters. The zero-order valence-electron chi connectivity index (χ0n) is 19.7. The average molecular weight is 465 g/mol. The Bertz CT molecular complexity index is 1030. The third kappa shape index (κ3) is 5.41. The largest absolute Gasteiger partial charge is 0.481 e. The van der Waals surface area contributed by atoms with Crippen molar-refractivity contribution < 1.29 is 24.2 Å². The van der Waals surface area contributed by atoms with E-state index >= 15 is 0 Å². The fourth-order valence-corrected chi connectivity index (χ4v) is 5.04. The number of nitrogens with one attached hydrogen (secondary N) is 2. The molecular formula is C27H32N2O5. The maximum atomic E-state index is 12.6. The molecular weight excluding hydrogens is 432 g/mol. The molecule has 2 aromatic carbocycles. The number of carboxylic acid groups (broad SMARTS) is 1. The van der Waals surface area contributed by atoms with Gasteiger partial charge in [-0.2, -0.15) is 0 Å². The van der Waals surface area contributed by atoms with Crippen molar-refractivity contribution in [2.45, 2.75) is 63.5 Å². The number of alkyl carbamates (subject to hydrolysis) is 1. The Morgan fingerprint density at radius 2 is 1.62 bits per heavy atom. The van der Waals surface area contributed by atoms with Gasteiger partial charge in [-0.25, -0.2) is 4.79 Å². The molecule has 0 saturated heterocycles. The minimum Gasteiger partial charge on any atom is -0.481 e. The molecule has 1 fully saturated rings. The van der Waals surface area contributed by atoms with E-state index in [1.165, 1.54) is 11.1 Å². The van der Waals surface area contributed by atoms with Gasteiger partial charge in [0.1, 0.15) is 6.61 Å². The molecule has 3 N–H and O–H groups in total. The van der Waals surface area contributed by atoms with E-state index in [2.05, 4.69) is 34.9 Å². The van der Waals surface area contributed by atoms with Crippen LogP contribution in [0.4, 0.5) is 4.79 Å². The highest BCUT2D eigenvalue weighted by Crippen LogP contribution is 2.44. The molecule has 2 aliphatic carbocycles. The van der Waals surface area contributed by atoms with Gasteiger partial charge in [0.15, 0.2) is 0 Å². The number of carboxylic acids is 1. The van der Waals surface area contributed by atoms with Crippen LogP contribution in [0.2, 0.25) is 0 Å². The summed E-state index contributed by atoms with van der Waals surface area (Å²) in [6, 6.07) is 16.3. The van der Waals surface area contributed by atoms with Crippen molar-refractivity contribution in [2.75, 3.05) is 6.61 Å². The van der Waals surface area contributed by atoms with Gasteiger partial charge in [-0.05, 0) is 61.8 Å². The molecule has 2 atom stereocenters. The van der Waals surface area contributed by atoms with E-state index in [-0.39, 0.29) is 36.8 Å². The highest BCUT2D eigenvalue weighted by Gasteiger charge is 2.32. The van der Waals surface area contributed by atoms with Gasteiger partial charge in [0.05, 0.1) is 5.92 Å². The van der Waals surface area contributed by atoms with Gasteiger partial charge in [-0.1, -0.05) is 48.5 Å². The summed E-state index contributed by atoms with van der Waals surface area (Å²) in [5, 5.41) is 14.9. The Morgan fingerprint density at radius 3 is 2.21 bits per heavy atom. The van der Waals surface area contributed by atoms with Gasteiger partial charge in [-0.3, -0.25) is 9.59 Å². The van der Waals surface area contributed by atoms with Crippen LogP contribution in [0.1, 0.15) is 63.0 Å². The normalized spacial score (nSPS) is 19.2. The Hall–Kier alpha value is -3.35. The third-order valence-corrected chi connectivity index (χ3v) is 6.91. The standard InChI is InChI=1S/C27H32N2O5/c1-27(2,14-13-24(30)28-18-12-11-17(15-18)25(31)32)29-26(33)34-16-23-21-9-5-3-7-19(21)20-8-4-6-10-22(20)23/h3-10,17-18,23H,11-16H2,1-2H3,(H,28,30)(H,29,33)(H,31,32). The number of benzene rings is 2. The molecule has 0 radical (unpaired) electrons. The minimum absolute atomic E-state index is 0.00641. The number of rotatable bonds is 8. The summed E-state index contributed by atoms with van der Waals surface area (Å²) in [5.74, 6) is -1.31. The second kappa shape index (κ2) is 9.87. The molecule has 4 rings (SSSR count). The molecule has 2 amide bonds. The fraction of sp³-hybridized carbons (Fsp3) is 0.444. The molecule has 0 aromatic heterocycles. The van der Waals surface area contributed by atoms with E-state index in [0.717, 1.165) is 11.1 Å². The van der Waals surface area contributed by atoms with Gasteiger partial charge < -0.3 is 20.5 Å². The van der Waals surface area contributed by atoms with Crippen LogP contribution < -0.4 is 10.6 Å². The van der Waals surface area contributed by atoms with Crippen molar-refractivity contribution in [1.29, 1.82) is 0 Å². The first kappa shape index (κ1) is 23.8. The second-order valence-corrected chi connectivity index (χ2v) is 9.95. The maximum Gasteiger partial charge on any atom is 0.407 e. The monoisotopic (exact) mass is 464 g/mol. The van der Waals surface area contributed by atoms with Crippen molar-refractivity contribution in [3.63, 3.8) is 0 Å². The van der Waals surface area contributed by atoms with Crippen LogP contribution in [0.5, 0.6) is 0 Å². The highest BCUT2D eigenvalue weighted by molar-refractivity contribution is 5.79. The summed E-state index contributed by atoms with van der Waals surface area (Å²) >= 11 is 0. The lowest BCUT2D eigenvalue weighted by Crippen LogP contribution is -2.45. The summed E-state index contributed by atoms with van der Waals surface area (Å²) in [6.45, 7) is 3.96. The van der Waals surface area contributed by atoms with Crippen LogP contribution >= 0.6 is 0 Å². The number of hydrogen-bond donors (Lipinski definition) is 3. The number of fused-ring (bicyclic) bond motifs is 3. The predicted molar refractivity (Wildman–Crippen MR) is 128 cm³/mol. The average Bonchev–Trinajstić information content (AvgIpc) is 3.39. The Kier molecular flexibility index (Phi) is 6.91. The summed E-state index contributed by atoms with van der Waals surface area (Å²) < 4.78 is 5.62. The van der Waals surface area contributed by atoms with Gasteiger partial charge in [0.25, 0.3) is 0 Å². The van der Waals surface area contributed by atoms with Gasteiger partial charge in [-0.15, -0.1) is 0 Å². The Labute approximate surface area is 199 Å². The van der Waals surface area contributed by atoms with E-state index in [1.807, 2.05) is 38.1 Å². The number of ether oxygens (including phenoxy) is 1. The van der Waals surface area contributed by atoms with Gasteiger partial charge in [0, 0.05) is 23.9 Å². The summed E-state index contributed by atoms with van der Waals surface area (Å²) in [4.78, 5) is 36.0. The van der Waals surface area contributed by atoms with Crippen molar-refractivity contribution in [2.24, 2.45) is 5.92 Å². The van der Waals surface area contributed by atoms with Crippen molar-refractivity contribution in [3.8, 4) is 11.1 Å². The first-order valence-electron chi connectivity index (χ1n) is 11.9. The zero-order valence-corrected chi connectivity index (χ0v) is 19.7. The summed E-state index contributed by atoms with van der Waals surface area (Å²) in [7, 11) is 0. The molecule has 0 aliphatic heterocycles. The van der Waals surface area contributed by atoms with Gasteiger partial charge >= 0.3 is 12.1 Å². The number of carbonyl (C=O) groups excluding carboxylic acids is 2. The molecule has 0 heterocycles. The molecule has 34 heavy (non-hydrogen) atoms.